The summed E-state index contributed by atoms with van der Waals surface area (Å²) in [5, 5.41) is 4.70. The number of para-hydroxylation sites is 1. The number of furan rings is 1. The van der Waals surface area contributed by atoms with E-state index in [2.05, 4.69) is 140 Å². The maximum Gasteiger partial charge on any atom is 0.164 e. The predicted octanol–water partition coefficient (Wildman–Crippen LogP) is 14.1. The van der Waals surface area contributed by atoms with Gasteiger partial charge in [0.25, 0.3) is 0 Å². The molecule has 0 N–H and O–H groups in total. The highest BCUT2D eigenvalue weighted by atomic mass is 32.1. The van der Waals surface area contributed by atoms with Crippen LogP contribution < -0.4 is 0 Å². The van der Waals surface area contributed by atoms with E-state index in [1.54, 1.807) is 11.3 Å². The van der Waals surface area contributed by atoms with E-state index in [0.717, 1.165) is 66.4 Å². The summed E-state index contributed by atoms with van der Waals surface area (Å²) in [7, 11) is 0. The number of hydrogen-bond donors (Lipinski definition) is 0. The smallest absolute Gasteiger partial charge is 0.164 e. The Bertz CT molecular complexity index is 3230. The van der Waals surface area contributed by atoms with Crippen LogP contribution in [0.4, 0.5) is 0 Å². The molecule has 0 radical (unpaired) electrons. The van der Waals surface area contributed by atoms with E-state index in [-0.39, 0.29) is 0 Å². The molecule has 262 valence electrons. The third-order valence-electron chi connectivity index (χ3n) is 10.6. The summed E-state index contributed by atoms with van der Waals surface area (Å²) in [6.45, 7) is 0. The summed E-state index contributed by atoms with van der Waals surface area (Å²) in [5.74, 6) is 1.94. The van der Waals surface area contributed by atoms with Crippen LogP contribution >= 0.6 is 11.3 Å². The van der Waals surface area contributed by atoms with Crippen molar-refractivity contribution in [1.29, 1.82) is 0 Å². The highest BCUT2D eigenvalue weighted by Crippen LogP contribution is 2.44. The molecule has 0 atom stereocenters. The zero-order valence-corrected chi connectivity index (χ0v) is 30.9. The fourth-order valence-corrected chi connectivity index (χ4v) is 8.97. The number of aromatic nitrogens is 3. The number of fused-ring (bicyclic) bond motifs is 6. The Morgan fingerprint density at radius 2 is 0.804 bits per heavy atom. The molecule has 0 bridgehead atoms. The van der Waals surface area contributed by atoms with Crippen molar-refractivity contribution in [1.82, 2.24) is 15.0 Å². The molecule has 0 fully saturated rings. The molecular weight excluding hydrogens is 703 g/mol. The molecule has 3 aromatic heterocycles. The summed E-state index contributed by atoms with van der Waals surface area (Å²) >= 11 is 1.80. The van der Waals surface area contributed by atoms with Crippen molar-refractivity contribution >= 4 is 53.4 Å². The van der Waals surface area contributed by atoms with E-state index in [4.69, 9.17) is 19.4 Å². The minimum atomic E-state index is 0.644. The molecule has 0 saturated carbocycles. The second-order valence-electron chi connectivity index (χ2n) is 14.0. The van der Waals surface area contributed by atoms with Crippen LogP contribution in [0.2, 0.25) is 0 Å². The molecule has 56 heavy (non-hydrogen) atoms. The third kappa shape index (κ3) is 5.56. The van der Waals surface area contributed by atoms with Crippen LogP contribution in [0, 0.1) is 0 Å². The van der Waals surface area contributed by atoms with Gasteiger partial charge in [0.05, 0.1) is 0 Å². The quantitative estimate of drug-likeness (QED) is 0.171. The van der Waals surface area contributed by atoms with Crippen LogP contribution in [-0.4, -0.2) is 15.0 Å². The minimum absolute atomic E-state index is 0.644. The van der Waals surface area contributed by atoms with Gasteiger partial charge < -0.3 is 4.42 Å². The molecule has 0 aliphatic rings. The lowest BCUT2D eigenvalue weighted by Gasteiger charge is -2.09. The number of nitrogens with zero attached hydrogens (tertiary/aromatic N) is 3. The van der Waals surface area contributed by atoms with Gasteiger partial charge in [-0.25, -0.2) is 15.0 Å². The lowest BCUT2D eigenvalue weighted by atomic mass is 9.94. The van der Waals surface area contributed by atoms with Crippen molar-refractivity contribution in [3.8, 4) is 67.5 Å². The van der Waals surface area contributed by atoms with Gasteiger partial charge in [0.2, 0.25) is 0 Å². The number of benzene rings is 8. The molecular formula is C51H31N3OS. The molecule has 5 heteroatoms. The van der Waals surface area contributed by atoms with Gasteiger partial charge >= 0.3 is 0 Å². The van der Waals surface area contributed by atoms with Gasteiger partial charge in [0.1, 0.15) is 11.2 Å². The van der Waals surface area contributed by atoms with Crippen molar-refractivity contribution < 1.29 is 4.42 Å². The minimum Gasteiger partial charge on any atom is -0.455 e. The highest BCUT2D eigenvalue weighted by Gasteiger charge is 2.19. The second-order valence-corrected chi connectivity index (χ2v) is 15.1. The van der Waals surface area contributed by atoms with Gasteiger partial charge in [0, 0.05) is 53.2 Å². The van der Waals surface area contributed by atoms with Crippen molar-refractivity contribution in [2.45, 2.75) is 0 Å². The molecule has 0 saturated heterocycles. The number of thiophene rings is 1. The second kappa shape index (κ2) is 13.3. The van der Waals surface area contributed by atoms with Crippen molar-refractivity contribution in [2.75, 3.05) is 0 Å². The molecule has 8 aromatic carbocycles. The Balaban J connectivity index is 1.01. The van der Waals surface area contributed by atoms with Crippen LogP contribution in [0.25, 0.3) is 110 Å². The van der Waals surface area contributed by atoms with E-state index in [1.165, 1.54) is 25.7 Å². The summed E-state index contributed by atoms with van der Waals surface area (Å²) in [4.78, 5) is 15.1. The molecule has 3 heterocycles. The first-order valence-electron chi connectivity index (χ1n) is 18.7. The van der Waals surface area contributed by atoms with Crippen LogP contribution in [0.3, 0.4) is 0 Å². The lowest BCUT2D eigenvalue weighted by Crippen LogP contribution is -2.00. The summed E-state index contributed by atoms with van der Waals surface area (Å²) in [6.07, 6.45) is 0. The Labute approximate surface area is 327 Å². The van der Waals surface area contributed by atoms with Crippen LogP contribution in [-0.2, 0) is 0 Å². The van der Waals surface area contributed by atoms with Gasteiger partial charge in [-0.1, -0.05) is 164 Å². The maximum absolute atomic E-state index is 6.57. The van der Waals surface area contributed by atoms with E-state index in [9.17, 15) is 0 Å². The monoisotopic (exact) mass is 733 g/mol. The fourth-order valence-electron chi connectivity index (χ4n) is 7.79. The summed E-state index contributed by atoms with van der Waals surface area (Å²) in [5.41, 5.74) is 11.5. The zero-order valence-electron chi connectivity index (χ0n) is 30.1. The van der Waals surface area contributed by atoms with Gasteiger partial charge in [0.15, 0.2) is 17.5 Å². The largest absolute Gasteiger partial charge is 0.455 e. The molecule has 11 rings (SSSR count). The van der Waals surface area contributed by atoms with Gasteiger partial charge in [-0.05, 0) is 52.1 Å². The summed E-state index contributed by atoms with van der Waals surface area (Å²) in [6, 6.07) is 65.6. The molecule has 0 aliphatic carbocycles. The fraction of sp³-hybridized carbons (Fsp3) is 0. The highest BCUT2D eigenvalue weighted by molar-refractivity contribution is 7.25. The standard InChI is InChI=1S/C51H31N3OS/c1-4-12-32(13-5-1)33-20-22-36(23-21-33)50-52-49(35-16-8-3-9-17-35)53-51(54-50)38-25-27-42-41-26-24-37(30-45(41)56-46(42)31-38)39-28-29-40(34-14-6-2-7-15-34)48-47(39)43-18-10-11-19-44(43)55-48/h1-31H. The normalized spacial score (nSPS) is 11.6. The Morgan fingerprint density at radius 3 is 1.48 bits per heavy atom. The first-order chi connectivity index (χ1) is 27.7. The maximum atomic E-state index is 6.57. The SMILES string of the molecule is c1ccc(-c2ccc(-c3nc(-c4ccccc4)nc(-c4ccc5c(c4)sc4cc(-c6ccc(-c7ccccc7)c7oc8ccccc8c67)ccc45)n3)cc2)cc1. The van der Waals surface area contributed by atoms with Crippen molar-refractivity contribution in [3.63, 3.8) is 0 Å². The molecule has 11 aromatic rings. The molecule has 0 aliphatic heterocycles. The van der Waals surface area contributed by atoms with Crippen LogP contribution in [0.1, 0.15) is 0 Å². The first kappa shape index (κ1) is 32.2. The zero-order chi connectivity index (χ0) is 37.0. The van der Waals surface area contributed by atoms with E-state index in [1.807, 2.05) is 48.5 Å². The van der Waals surface area contributed by atoms with E-state index >= 15 is 0 Å². The van der Waals surface area contributed by atoms with Gasteiger partial charge in [-0.3, -0.25) is 0 Å². The Hall–Kier alpha value is -7.21. The van der Waals surface area contributed by atoms with E-state index < -0.39 is 0 Å². The van der Waals surface area contributed by atoms with Crippen LogP contribution in [0.15, 0.2) is 192 Å². The molecule has 0 spiro atoms. The van der Waals surface area contributed by atoms with Gasteiger partial charge in [-0.2, -0.15) is 0 Å². The topological polar surface area (TPSA) is 51.8 Å². The first-order valence-corrected chi connectivity index (χ1v) is 19.5. The average molecular weight is 734 g/mol. The van der Waals surface area contributed by atoms with Gasteiger partial charge in [-0.15, -0.1) is 11.3 Å². The van der Waals surface area contributed by atoms with Crippen molar-refractivity contribution in [3.05, 3.63) is 188 Å². The Morgan fingerprint density at radius 1 is 0.339 bits per heavy atom. The van der Waals surface area contributed by atoms with Crippen molar-refractivity contribution in [2.24, 2.45) is 0 Å². The lowest BCUT2D eigenvalue weighted by molar-refractivity contribution is 0.670. The number of rotatable bonds is 6. The van der Waals surface area contributed by atoms with Crippen LogP contribution in [0.5, 0.6) is 0 Å². The third-order valence-corrected chi connectivity index (χ3v) is 11.7. The molecule has 0 unspecified atom stereocenters. The molecule has 4 nitrogen and oxygen atoms in total. The Kier molecular flexibility index (Phi) is 7.64. The predicted molar refractivity (Wildman–Crippen MR) is 233 cm³/mol. The average Bonchev–Trinajstić information content (AvgIpc) is 3.85. The summed E-state index contributed by atoms with van der Waals surface area (Å²) < 4.78 is 8.98. The molecule has 0 amide bonds. The van der Waals surface area contributed by atoms with E-state index in [0.29, 0.717) is 17.5 Å². The number of hydrogen-bond acceptors (Lipinski definition) is 5.